The number of nitrogens with zero attached hydrogens (tertiary/aromatic N) is 2. The molecule has 27 heavy (non-hydrogen) atoms. The topological polar surface area (TPSA) is 69.7 Å². The largest absolute Gasteiger partial charge is 0.368 e. The number of piperazine rings is 1. The molecule has 3 rings (SSSR count). The minimum atomic E-state index is -3.78. The summed E-state index contributed by atoms with van der Waals surface area (Å²) >= 11 is 11.9. The fourth-order valence-corrected chi connectivity index (χ4v) is 4.33. The third-order valence-electron chi connectivity index (χ3n) is 4.33. The molecule has 6 nitrogen and oxygen atoms in total. The normalized spacial score (nSPS) is 15.0. The summed E-state index contributed by atoms with van der Waals surface area (Å²) in [6, 6.07) is 13.5. The summed E-state index contributed by atoms with van der Waals surface area (Å²) in [5, 5.41) is 0.989. The van der Waals surface area contributed by atoms with Crippen LogP contribution in [0, 0.1) is 0 Å². The molecule has 0 unspecified atom stereocenters. The molecule has 2 aromatic carbocycles. The first kappa shape index (κ1) is 19.9. The lowest BCUT2D eigenvalue weighted by Crippen LogP contribution is -2.51. The second kappa shape index (κ2) is 8.48. The summed E-state index contributed by atoms with van der Waals surface area (Å²) in [6.07, 6.45) is 0. The monoisotopic (exact) mass is 427 g/mol. The minimum Gasteiger partial charge on any atom is -0.368 e. The standard InChI is InChI=1S/C18H19Cl2N3O3S/c19-14-3-1-5-16(11-14)22-7-9-23(10-8-22)18(24)13-21-27(25,26)17-6-2-4-15(20)12-17/h1-6,11-12,21H,7-10,13H2. The van der Waals surface area contributed by atoms with Crippen molar-refractivity contribution in [2.45, 2.75) is 4.90 Å². The number of sulfonamides is 1. The molecule has 9 heteroatoms. The van der Waals surface area contributed by atoms with E-state index in [0.717, 1.165) is 5.69 Å². The van der Waals surface area contributed by atoms with Crippen molar-refractivity contribution in [3.63, 3.8) is 0 Å². The van der Waals surface area contributed by atoms with E-state index in [1.807, 2.05) is 24.3 Å². The maximum Gasteiger partial charge on any atom is 0.241 e. The van der Waals surface area contributed by atoms with Crippen LogP contribution in [0.1, 0.15) is 0 Å². The number of hydrogen-bond acceptors (Lipinski definition) is 4. The number of rotatable bonds is 5. The van der Waals surface area contributed by atoms with E-state index in [4.69, 9.17) is 23.2 Å². The first-order chi connectivity index (χ1) is 12.8. The summed E-state index contributed by atoms with van der Waals surface area (Å²) < 4.78 is 26.9. The maximum atomic E-state index is 12.4. The van der Waals surface area contributed by atoms with Crippen LogP contribution >= 0.6 is 23.2 Å². The molecule has 0 atom stereocenters. The Morgan fingerprint density at radius 2 is 1.59 bits per heavy atom. The van der Waals surface area contributed by atoms with Gasteiger partial charge in [-0.15, -0.1) is 0 Å². The van der Waals surface area contributed by atoms with E-state index >= 15 is 0 Å². The zero-order chi connectivity index (χ0) is 19.4. The van der Waals surface area contributed by atoms with Gasteiger partial charge in [0.1, 0.15) is 0 Å². The van der Waals surface area contributed by atoms with Crippen molar-refractivity contribution in [2.24, 2.45) is 0 Å². The quantitative estimate of drug-likeness (QED) is 0.795. The zero-order valence-corrected chi connectivity index (χ0v) is 16.8. The van der Waals surface area contributed by atoms with Crippen molar-refractivity contribution in [1.29, 1.82) is 0 Å². The molecule has 0 spiro atoms. The Bertz CT molecular complexity index is 929. The number of carbonyl (C=O) groups excluding carboxylic acids is 1. The van der Waals surface area contributed by atoms with E-state index in [-0.39, 0.29) is 17.3 Å². The van der Waals surface area contributed by atoms with Crippen LogP contribution in [0.4, 0.5) is 5.69 Å². The van der Waals surface area contributed by atoms with E-state index in [2.05, 4.69) is 9.62 Å². The number of nitrogens with one attached hydrogen (secondary N) is 1. The van der Waals surface area contributed by atoms with Gasteiger partial charge in [-0.1, -0.05) is 35.3 Å². The summed E-state index contributed by atoms with van der Waals surface area (Å²) in [5.41, 5.74) is 1.01. The Kier molecular flexibility index (Phi) is 6.26. The molecular weight excluding hydrogens is 409 g/mol. The highest BCUT2D eigenvalue weighted by atomic mass is 35.5. The Hall–Kier alpha value is -1.80. The Morgan fingerprint density at radius 3 is 2.22 bits per heavy atom. The number of hydrogen-bond donors (Lipinski definition) is 1. The predicted octanol–water partition coefficient (Wildman–Crippen LogP) is 2.62. The Morgan fingerprint density at radius 1 is 0.963 bits per heavy atom. The lowest BCUT2D eigenvalue weighted by Gasteiger charge is -2.36. The van der Waals surface area contributed by atoms with Crippen LogP contribution in [-0.2, 0) is 14.8 Å². The third kappa shape index (κ3) is 5.13. The van der Waals surface area contributed by atoms with Crippen molar-refractivity contribution in [3.05, 3.63) is 58.6 Å². The van der Waals surface area contributed by atoms with Crippen molar-refractivity contribution in [1.82, 2.24) is 9.62 Å². The smallest absolute Gasteiger partial charge is 0.241 e. The number of anilines is 1. The van der Waals surface area contributed by atoms with Gasteiger partial charge in [0.2, 0.25) is 15.9 Å². The van der Waals surface area contributed by atoms with Crippen LogP contribution in [0.5, 0.6) is 0 Å². The van der Waals surface area contributed by atoms with Gasteiger partial charge in [-0.3, -0.25) is 4.79 Å². The molecule has 0 bridgehead atoms. The predicted molar refractivity (Wildman–Crippen MR) is 107 cm³/mol. The average Bonchev–Trinajstić information content (AvgIpc) is 2.66. The average molecular weight is 428 g/mol. The molecular formula is C18H19Cl2N3O3S. The highest BCUT2D eigenvalue weighted by molar-refractivity contribution is 7.89. The van der Waals surface area contributed by atoms with Gasteiger partial charge >= 0.3 is 0 Å². The first-order valence-electron chi connectivity index (χ1n) is 8.39. The maximum absolute atomic E-state index is 12.4. The lowest BCUT2D eigenvalue weighted by atomic mass is 10.2. The van der Waals surface area contributed by atoms with Crippen molar-refractivity contribution in [2.75, 3.05) is 37.6 Å². The highest BCUT2D eigenvalue weighted by Crippen LogP contribution is 2.21. The summed E-state index contributed by atoms with van der Waals surface area (Å²) in [5.74, 6) is -0.258. The van der Waals surface area contributed by atoms with E-state index in [0.29, 0.717) is 36.2 Å². The second-order valence-electron chi connectivity index (χ2n) is 6.13. The molecule has 144 valence electrons. The molecule has 1 N–H and O–H groups in total. The molecule has 0 aromatic heterocycles. The van der Waals surface area contributed by atoms with E-state index in [1.54, 1.807) is 17.0 Å². The molecule has 1 heterocycles. The van der Waals surface area contributed by atoms with E-state index < -0.39 is 10.0 Å². The van der Waals surface area contributed by atoms with E-state index in [1.165, 1.54) is 12.1 Å². The summed E-state index contributed by atoms with van der Waals surface area (Å²) in [4.78, 5) is 16.2. The molecule has 1 fully saturated rings. The summed E-state index contributed by atoms with van der Waals surface area (Å²) in [6.45, 7) is 2.07. The molecule has 1 aliphatic heterocycles. The third-order valence-corrected chi connectivity index (χ3v) is 6.19. The van der Waals surface area contributed by atoms with E-state index in [9.17, 15) is 13.2 Å². The van der Waals surface area contributed by atoms with Crippen molar-refractivity contribution in [3.8, 4) is 0 Å². The van der Waals surface area contributed by atoms with Gasteiger partial charge < -0.3 is 9.80 Å². The van der Waals surface area contributed by atoms with Gasteiger partial charge in [0.05, 0.1) is 11.4 Å². The van der Waals surface area contributed by atoms with Crippen molar-refractivity contribution < 1.29 is 13.2 Å². The SMILES string of the molecule is O=C(CNS(=O)(=O)c1cccc(Cl)c1)N1CCN(c2cccc(Cl)c2)CC1. The Balaban J connectivity index is 1.54. The molecule has 2 aromatic rings. The van der Waals surface area contributed by atoms with Gasteiger partial charge in [-0.25, -0.2) is 13.1 Å². The molecule has 0 saturated carbocycles. The number of benzene rings is 2. The van der Waals surface area contributed by atoms with Crippen LogP contribution < -0.4 is 9.62 Å². The minimum absolute atomic E-state index is 0.0357. The lowest BCUT2D eigenvalue weighted by molar-refractivity contribution is -0.130. The number of carbonyl (C=O) groups is 1. The fourth-order valence-electron chi connectivity index (χ4n) is 2.87. The van der Waals surface area contributed by atoms with Gasteiger partial charge in [0, 0.05) is 41.9 Å². The van der Waals surface area contributed by atoms with Crippen LogP contribution in [0.15, 0.2) is 53.4 Å². The molecule has 1 amide bonds. The number of amides is 1. The Labute approximate surface area is 168 Å². The van der Waals surface area contributed by atoms with Crippen LogP contribution in [0.3, 0.4) is 0 Å². The fraction of sp³-hybridized carbons (Fsp3) is 0.278. The van der Waals surface area contributed by atoms with Gasteiger partial charge in [0.25, 0.3) is 0 Å². The summed E-state index contributed by atoms with van der Waals surface area (Å²) in [7, 11) is -3.78. The van der Waals surface area contributed by atoms with Crippen molar-refractivity contribution >= 4 is 44.8 Å². The van der Waals surface area contributed by atoms with Crippen LogP contribution in [0.25, 0.3) is 0 Å². The highest BCUT2D eigenvalue weighted by Gasteiger charge is 2.23. The first-order valence-corrected chi connectivity index (χ1v) is 10.6. The zero-order valence-electron chi connectivity index (χ0n) is 14.4. The second-order valence-corrected chi connectivity index (χ2v) is 8.77. The van der Waals surface area contributed by atoms with Gasteiger partial charge in [0.15, 0.2) is 0 Å². The van der Waals surface area contributed by atoms with Crippen LogP contribution in [-0.4, -0.2) is 51.9 Å². The molecule has 1 saturated heterocycles. The molecule has 1 aliphatic rings. The van der Waals surface area contributed by atoms with Crippen LogP contribution in [0.2, 0.25) is 10.0 Å². The molecule has 0 aliphatic carbocycles. The number of halogens is 2. The van der Waals surface area contributed by atoms with Gasteiger partial charge in [-0.2, -0.15) is 0 Å². The molecule has 0 radical (unpaired) electrons. The van der Waals surface area contributed by atoms with Gasteiger partial charge in [-0.05, 0) is 36.4 Å².